The van der Waals surface area contributed by atoms with E-state index in [0.29, 0.717) is 6.42 Å². The Morgan fingerprint density at radius 1 is 1.26 bits per heavy atom. The summed E-state index contributed by atoms with van der Waals surface area (Å²) in [6.45, 7) is 4.47. The first-order valence-corrected chi connectivity index (χ1v) is 7.53. The fraction of sp³-hybridized carbons (Fsp3) is 0.857. The predicted molar refractivity (Wildman–Crippen MR) is 73.7 cm³/mol. The number of carbonyl (C=O) groups excluding carboxylic acids is 2. The molecule has 2 atom stereocenters. The zero-order chi connectivity index (χ0) is 13.7. The molecule has 2 fully saturated rings. The number of carbonyl (C=O) groups is 2. The van der Waals surface area contributed by atoms with Gasteiger partial charge in [0.25, 0.3) is 0 Å². The first-order chi connectivity index (χ1) is 9.22. The van der Waals surface area contributed by atoms with Crippen LogP contribution >= 0.6 is 0 Å². The summed E-state index contributed by atoms with van der Waals surface area (Å²) in [4.78, 5) is 26.0. The summed E-state index contributed by atoms with van der Waals surface area (Å²) in [7, 11) is 0. The Morgan fingerprint density at radius 3 is 2.79 bits per heavy atom. The highest BCUT2D eigenvalue weighted by Crippen LogP contribution is 2.18. The van der Waals surface area contributed by atoms with Crippen molar-refractivity contribution in [1.29, 1.82) is 0 Å². The number of nitrogens with zero attached hydrogens (tertiary/aromatic N) is 1. The molecule has 0 aromatic rings. The molecule has 2 rings (SSSR count). The van der Waals surface area contributed by atoms with E-state index in [1.807, 2.05) is 6.92 Å². The Labute approximate surface area is 115 Å². The van der Waals surface area contributed by atoms with E-state index in [2.05, 4.69) is 10.6 Å². The van der Waals surface area contributed by atoms with Gasteiger partial charge in [-0.3, -0.25) is 9.59 Å². The largest absolute Gasteiger partial charge is 0.350 e. The van der Waals surface area contributed by atoms with E-state index in [1.54, 1.807) is 4.90 Å². The van der Waals surface area contributed by atoms with Gasteiger partial charge < -0.3 is 15.5 Å². The predicted octanol–water partition coefficient (Wildman–Crippen LogP) is 0.646. The third-order valence-corrected chi connectivity index (χ3v) is 4.07. The third kappa shape index (κ3) is 3.69. The molecule has 0 bridgehead atoms. The molecular weight excluding hydrogens is 242 g/mol. The highest BCUT2D eigenvalue weighted by molar-refractivity contribution is 5.88. The second-order valence-electron chi connectivity index (χ2n) is 5.50. The first kappa shape index (κ1) is 14.3. The van der Waals surface area contributed by atoms with Crippen molar-refractivity contribution >= 4 is 11.8 Å². The Kier molecular flexibility index (Phi) is 5.19. The summed E-state index contributed by atoms with van der Waals surface area (Å²) in [6, 6.07) is -0.0233. The second-order valence-corrected chi connectivity index (χ2v) is 5.50. The quantitative estimate of drug-likeness (QED) is 0.789. The fourth-order valence-electron chi connectivity index (χ4n) is 2.98. The van der Waals surface area contributed by atoms with Gasteiger partial charge in [-0.1, -0.05) is 6.92 Å². The highest BCUT2D eigenvalue weighted by atomic mass is 16.2. The van der Waals surface area contributed by atoms with Crippen LogP contribution in [0.1, 0.15) is 45.4 Å². The molecule has 0 aliphatic carbocycles. The van der Waals surface area contributed by atoms with E-state index in [4.69, 9.17) is 0 Å². The van der Waals surface area contributed by atoms with Gasteiger partial charge in [-0.05, 0) is 38.6 Å². The molecule has 2 amide bonds. The maximum Gasteiger partial charge on any atom is 0.243 e. The summed E-state index contributed by atoms with van der Waals surface area (Å²) in [5.74, 6) is 0.136. The Hall–Kier alpha value is -1.10. The molecule has 0 spiro atoms. The van der Waals surface area contributed by atoms with E-state index in [-0.39, 0.29) is 23.9 Å². The van der Waals surface area contributed by atoms with Crippen LogP contribution in [0.15, 0.2) is 0 Å². The topological polar surface area (TPSA) is 61.4 Å². The minimum atomic E-state index is -0.247. The smallest absolute Gasteiger partial charge is 0.243 e. The van der Waals surface area contributed by atoms with Crippen LogP contribution in [0, 0.1) is 0 Å². The summed E-state index contributed by atoms with van der Waals surface area (Å²) in [6.07, 6.45) is 5.47. The Bertz CT molecular complexity index is 327. The van der Waals surface area contributed by atoms with E-state index in [9.17, 15) is 9.59 Å². The van der Waals surface area contributed by atoms with Crippen LogP contribution in [0.2, 0.25) is 0 Å². The van der Waals surface area contributed by atoms with Gasteiger partial charge in [-0.2, -0.15) is 0 Å². The number of rotatable bonds is 3. The van der Waals surface area contributed by atoms with Gasteiger partial charge in [0.05, 0.1) is 0 Å². The molecule has 2 aliphatic rings. The summed E-state index contributed by atoms with van der Waals surface area (Å²) in [5.41, 5.74) is 0. The van der Waals surface area contributed by atoms with Crippen molar-refractivity contribution in [2.24, 2.45) is 0 Å². The Morgan fingerprint density at radius 2 is 2.11 bits per heavy atom. The maximum absolute atomic E-state index is 12.4. The molecule has 0 saturated carbocycles. The van der Waals surface area contributed by atoms with Gasteiger partial charge in [-0.25, -0.2) is 0 Å². The lowest BCUT2D eigenvalue weighted by Crippen LogP contribution is -2.55. The number of amides is 2. The van der Waals surface area contributed by atoms with Crippen molar-refractivity contribution < 1.29 is 9.59 Å². The molecule has 0 aromatic heterocycles. The van der Waals surface area contributed by atoms with E-state index >= 15 is 0 Å². The van der Waals surface area contributed by atoms with Gasteiger partial charge in [0, 0.05) is 25.6 Å². The molecule has 19 heavy (non-hydrogen) atoms. The lowest BCUT2D eigenvalue weighted by molar-refractivity contribution is -0.142. The molecule has 5 heteroatoms. The van der Waals surface area contributed by atoms with Crippen LogP contribution in [-0.4, -0.2) is 48.4 Å². The average Bonchev–Trinajstić information content (AvgIpc) is 2.47. The van der Waals surface area contributed by atoms with Crippen LogP contribution in [0.3, 0.4) is 0 Å². The standard InChI is InChI=1S/C14H25N3O2/c1-2-13(18)17-9-4-3-7-12(17)14(19)16-11-6-5-8-15-10-11/h11-12,15H,2-10H2,1H3,(H,16,19)/t11-,12?/m0/s1. The molecule has 0 radical (unpaired) electrons. The van der Waals surface area contributed by atoms with Crippen molar-refractivity contribution in [2.45, 2.75) is 57.5 Å². The van der Waals surface area contributed by atoms with Crippen molar-refractivity contribution in [1.82, 2.24) is 15.5 Å². The molecule has 0 aromatic carbocycles. The highest BCUT2D eigenvalue weighted by Gasteiger charge is 2.32. The zero-order valence-corrected chi connectivity index (χ0v) is 11.8. The van der Waals surface area contributed by atoms with Gasteiger partial charge in [-0.15, -0.1) is 0 Å². The minimum Gasteiger partial charge on any atom is -0.350 e. The number of hydrogen-bond donors (Lipinski definition) is 2. The normalized spacial score (nSPS) is 27.9. The minimum absolute atomic E-state index is 0.0372. The van der Waals surface area contributed by atoms with Gasteiger partial charge in [0.1, 0.15) is 6.04 Å². The van der Waals surface area contributed by atoms with Crippen LogP contribution < -0.4 is 10.6 Å². The molecular formula is C14H25N3O2. The number of piperidine rings is 2. The van der Waals surface area contributed by atoms with Crippen molar-refractivity contribution in [3.8, 4) is 0 Å². The number of hydrogen-bond acceptors (Lipinski definition) is 3. The van der Waals surface area contributed by atoms with E-state index in [1.165, 1.54) is 0 Å². The lowest BCUT2D eigenvalue weighted by atomic mass is 9.99. The second kappa shape index (κ2) is 6.89. The monoisotopic (exact) mass is 267 g/mol. The van der Waals surface area contributed by atoms with Gasteiger partial charge in [0.2, 0.25) is 11.8 Å². The molecule has 108 valence electrons. The molecule has 2 aliphatic heterocycles. The van der Waals surface area contributed by atoms with Gasteiger partial charge in [0.15, 0.2) is 0 Å². The average molecular weight is 267 g/mol. The molecule has 2 saturated heterocycles. The third-order valence-electron chi connectivity index (χ3n) is 4.07. The lowest BCUT2D eigenvalue weighted by Gasteiger charge is -2.36. The van der Waals surface area contributed by atoms with E-state index < -0.39 is 0 Å². The summed E-state index contributed by atoms with van der Waals surface area (Å²) >= 11 is 0. The van der Waals surface area contributed by atoms with Crippen LogP contribution in [0.25, 0.3) is 0 Å². The zero-order valence-electron chi connectivity index (χ0n) is 11.8. The SMILES string of the molecule is CCC(=O)N1CCCCC1C(=O)N[C@H]1CCCNC1. The molecule has 5 nitrogen and oxygen atoms in total. The summed E-state index contributed by atoms with van der Waals surface area (Å²) in [5, 5.41) is 6.40. The molecule has 1 unspecified atom stereocenters. The van der Waals surface area contributed by atoms with Gasteiger partial charge >= 0.3 is 0 Å². The van der Waals surface area contributed by atoms with Crippen LogP contribution in [0.5, 0.6) is 0 Å². The summed E-state index contributed by atoms with van der Waals surface area (Å²) < 4.78 is 0. The van der Waals surface area contributed by atoms with Crippen molar-refractivity contribution in [2.75, 3.05) is 19.6 Å². The van der Waals surface area contributed by atoms with Crippen molar-refractivity contribution in [3.63, 3.8) is 0 Å². The maximum atomic E-state index is 12.4. The van der Waals surface area contributed by atoms with Crippen LogP contribution in [0.4, 0.5) is 0 Å². The van der Waals surface area contributed by atoms with Crippen LogP contribution in [-0.2, 0) is 9.59 Å². The van der Waals surface area contributed by atoms with E-state index in [0.717, 1.165) is 51.7 Å². The number of likely N-dealkylation sites (tertiary alicyclic amines) is 1. The fourth-order valence-corrected chi connectivity index (χ4v) is 2.98. The molecule has 2 heterocycles. The Balaban J connectivity index is 1.92. The van der Waals surface area contributed by atoms with Crippen molar-refractivity contribution in [3.05, 3.63) is 0 Å². The molecule has 2 N–H and O–H groups in total. The number of nitrogens with one attached hydrogen (secondary N) is 2. The first-order valence-electron chi connectivity index (χ1n) is 7.53.